The number of amides is 1. The minimum atomic E-state index is -0.337. The van der Waals surface area contributed by atoms with Gasteiger partial charge in [-0.1, -0.05) is 31.5 Å². The maximum atomic E-state index is 11.3. The molecule has 0 heterocycles. The van der Waals surface area contributed by atoms with E-state index in [2.05, 4.69) is 19.2 Å². The Morgan fingerprint density at radius 1 is 1.47 bits per heavy atom. The average molecular weight is 284 g/mol. The zero-order chi connectivity index (χ0) is 14.4. The molecule has 0 saturated carbocycles. The zero-order valence-corrected chi connectivity index (χ0v) is 12.5. The Morgan fingerprint density at radius 2 is 2.16 bits per heavy atom. The van der Waals surface area contributed by atoms with E-state index in [0.29, 0.717) is 17.5 Å². The zero-order valence-electron chi connectivity index (χ0n) is 11.7. The van der Waals surface area contributed by atoms with Crippen LogP contribution in [0, 0.1) is 5.92 Å². The van der Waals surface area contributed by atoms with Gasteiger partial charge >= 0.3 is 0 Å². The van der Waals surface area contributed by atoms with Gasteiger partial charge in [-0.15, -0.1) is 0 Å². The Balaban J connectivity index is 3.12. The van der Waals surface area contributed by atoms with Crippen LogP contribution in [-0.2, 0) is 11.3 Å². The van der Waals surface area contributed by atoms with Crippen molar-refractivity contribution in [3.05, 3.63) is 28.8 Å². The highest BCUT2D eigenvalue weighted by Crippen LogP contribution is 2.28. The highest BCUT2D eigenvalue weighted by atomic mass is 35.5. The molecule has 19 heavy (non-hydrogen) atoms. The van der Waals surface area contributed by atoms with Crippen LogP contribution in [0.2, 0.25) is 5.02 Å². The van der Waals surface area contributed by atoms with Gasteiger partial charge in [0.15, 0.2) is 0 Å². The summed E-state index contributed by atoms with van der Waals surface area (Å²) in [6.45, 7) is 5.84. The summed E-state index contributed by atoms with van der Waals surface area (Å²) in [4.78, 5) is 13.2. The molecular weight excluding hydrogens is 262 g/mol. The summed E-state index contributed by atoms with van der Waals surface area (Å²) in [7, 11) is 1.87. The van der Waals surface area contributed by atoms with Gasteiger partial charge in [-0.05, 0) is 25.1 Å². The van der Waals surface area contributed by atoms with Crippen LogP contribution in [0.15, 0.2) is 18.2 Å². The average Bonchev–Trinajstić information content (AvgIpc) is 2.30. The van der Waals surface area contributed by atoms with E-state index in [4.69, 9.17) is 17.3 Å². The predicted octanol–water partition coefficient (Wildman–Crippen LogP) is 2.01. The smallest absolute Gasteiger partial charge is 0.236 e. The number of nitrogens with two attached hydrogens (primary N) is 1. The third kappa shape index (κ3) is 4.73. The summed E-state index contributed by atoms with van der Waals surface area (Å²) < 4.78 is 0. The molecule has 0 aliphatic heterocycles. The van der Waals surface area contributed by atoms with Crippen molar-refractivity contribution in [1.82, 2.24) is 5.32 Å². The normalized spacial score (nSPS) is 10.8. The van der Waals surface area contributed by atoms with Gasteiger partial charge in [-0.2, -0.15) is 0 Å². The largest absolute Gasteiger partial charge is 0.368 e. The van der Waals surface area contributed by atoms with Crippen molar-refractivity contribution in [2.45, 2.75) is 20.4 Å². The molecule has 1 aromatic rings. The van der Waals surface area contributed by atoms with Crippen LogP contribution in [0.4, 0.5) is 5.69 Å². The molecule has 0 atom stereocenters. The van der Waals surface area contributed by atoms with E-state index in [0.717, 1.165) is 17.8 Å². The molecule has 0 fully saturated rings. The quantitative estimate of drug-likeness (QED) is 0.805. The van der Waals surface area contributed by atoms with Crippen LogP contribution in [-0.4, -0.2) is 26.0 Å². The number of hydrogen-bond acceptors (Lipinski definition) is 3. The fourth-order valence-corrected chi connectivity index (χ4v) is 2.31. The van der Waals surface area contributed by atoms with Crippen LogP contribution >= 0.6 is 11.6 Å². The predicted molar refractivity (Wildman–Crippen MR) is 80.5 cm³/mol. The van der Waals surface area contributed by atoms with Crippen molar-refractivity contribution in [2.24, 2.45) is 11.7 Å². The Hall–Kier alpha value is -1.26. The molecule has 0 aromatic heterocycles. The number of primary amides is 1. The second-order valence-electron chi connectivity index (χ2n) is 5.01. The first-order valence-corrected chi connectivity index (χ1v) is 6.78. The molecule has 0 unspecified atom stereocenters. The summed E-state index contributed by atoms with van der Waals surface area (Å²) in [6.07, 6.45) is 0. The van der Waals surface area contributed by atoms with E-state index in [-0.39, 0.29) is 12.5 Å². The molecule has 0 saturated heterocycles. The first-order valence-electron chi connectivity index (χ1n) is 6.41. The lowest BCUT2D eigenvalue weighted by Gasteiger charge is -2.28. The number of carbonyl (C=O) groups is 1. The Bertz CT molecular complexity index is 435. The summed E-state index contributed by atoms with van der Waals surface area (Å²) in [5, 5.41) is 3.80. The number of halogens is 1. The molecular formula is C14H22ClN3O. The summed E-state index contributed by atoms with van der Waals surface area (Å²) in [5.74, 6) is 0.0943. The van der Waals surface area contributed by atoms with Gasteiger partial charge in [0.2, 0.25) is 5.91 Å². The first-order chi connectivity index (χ1) is 8.95. The lowest BCUT2D eigenvalue weighted by molar-refractivity contribution is -0.116. The first kappa shape index (κ1) is 15.8. The number of hydrogen-bond donors (Lipinski definition) is 2. The molecule has 1 amide bonds. The fourth-order valence-electron chi connectivity index (χ4n) is 2.07. The van der Waals surface area contributed by atoms with E-state index >= 15 is 0 Å². The molecule has 0 aliphatic carbocycles. The second kappa shape index (κ2) is 7.36. The maximum absolute atomic E-state index is 11.3. The number of nitrogens with one attached hydrogen (secondary N) is 1. The van der Waals surface area contributed by atoms with Gasteiger partial charge in [0.05, 0.1) is 6.54 Å². The fraction of sp³-hybridized carbons (Fsp3) is 0.500. The Labute approximate surface area is 119 Å². The molecule has 106 valence electrons. The molecule has 1 aromatic carbocycles. The number of carbonyl (C=O) groups excluding carboxylic acids is 1. The number of rotatable bonds is 7. The van der Waals surface area contributed by atoms with Crippen molar-refractivity contribution >= 4 is 23.2 Å². The third-order valence-electron chi connectivity index (χ3n) is 2.72. The van der Waals surface area contributed by atoms with Crippen molar-refractivity contribution in [2.75, 3.05) is 25.0 Å². The van der Waals surface area contributed by atoms with Gasteiger partial charge in [-0.3, -0.25) is 4.79 Å². The van der Waals surface area contributed by atoms with E-state index in [1.165, 1.54) is 0 Å². The minimum absolute atomic E-state index is 0.204. The molecule has 4 nitrogen and oxygen atoms in total. The van der Waals surface area contributed by atoms with Crippen molar-refractivity contribution in [1.29, 1.82) is 0 Å². The number of nitrogens with zero attached hydrogens (tertiary/aromatic N) is 1. The summed E-state index contributed by atoms with van der Waals surface area (Å²) >= 11 is 6.24. The van der Waals surface area contributed by atoms with Crippen LogP contribution in [0.1, 0.15) is 19.4 Å². The highest BCUT2D eigenvalue weighted by Gasteiger charge is 2.16. The van der Waals surface area contributed by atoms with Gasteiger partial charge < -0.3 is 16.0 Å². The van der Waals surface area contributed by atoms with Crippen LogP contribution in [0.3, 0.4) is 0 Å². The third-order valence-corrected chi connectivity index (χ3v) is 3.07. The Kier molecular flexibility index (Phi) is 6.12. The number of anilines is 1. The highest BCUT2D eigenvalue weighted by molar-refractivity contribution is 6.31. The van der Waals surface area contributed by atoms with Crippen LogP contribution in [0.25, 0.3) is 0 Å². The molecule has 1 rings (SSSR count). The lowest BCUT2D eigenvalue weighted by atomic mass is 10.1. The van der Waals surface area contributed by atoms with Crippen molar-refractivity contribution in [3.8, 4) is 0 Å². The maximum Gasteiger partial charge on any atom is 0.236 e. The van der Waals surface area contributed by atoms with Crippen LogP contribution < -0.4 is 16.0 Å². The van der Waals surface area contributed by atoms with E-state index in [9.17, 15) is 4.79 Å². The molecule has 0 bridgehead atoms. The van der Waals surface area contributed by atoms with Crippen molar-refractivity contribution in [3.63, 3.8) is 0 Å². The lowest BCUT2D eigenvalue weighted by Crippen LogP contribution is -2.37. The molecule has 3 N–H and O–H groups in total. The Morgan fingerprint density at radius 3 is 2.68 bits per heavy atom. The molecule has 0 aliphatic rings. The topological polar surface area (TPSA) is 58.4 Å². The molecule has 5 heteroatoms. The van der Waals surface area contributed by atoms with Gasteiger partial charge in [0.1, 0.15) is 0 Å². The summed E-state index contributed by atoms with van der Waals surface area (Å²) in [6, 6.07) is 5.73. The monoisotopic (exact) mass is 283 g/mol. The van der Waals surface area contributed by atoms with E-state index < -0.39 is 0 Å². The summed E-state index contributed by atoms with van der Waals surface area (Å²) in [5.41, 5.74) is 7.30. The molecule has 0 radical (unpaired) electrons. The van der Waals surface area contributed by atoms with E-state index in [1.54, 1.807) is 0 Å². The van der Waals surface area contributed by atoms with Crippen molar-refractivity contribution < 1.29 is 4.79 Å². The SMILES string of the molecule is CNCc1c(Cl)cccc1N(CC(N)=O)CC(C)C. The van der Waals surface area contributed by atoms with Gasteiger partial charge in [0, 0.05) is 29.4 Å². The van der Waals surface area contributed by atoms with E-state index in [1.807, 2.05) is 30.1 Å². The number of benzene rings is 1. The standard InChI is InChI=1S/C14H22ClN3O/c1-10(2)8-18(9-14(16)19)13-6-4-5-12(15)11(13)7-17-3/h4-6,10,17H,7-9H2,1-3H3,(H2,16,19). The van der Waals surface area contributed by atoms with Crippen LogP contribution in [0.5, 0.6) is 0 Å². The van der Waals surface area contributed by atoms with Gasteiger partial charge in [0.25, 0.3) is 0 Å². The second-order valence-corrected chi connectivity index (χ2v) is 5.42. The minimum Gasteiger partial charge on any atom is -0.368 e. The molecule has 0 spiro atoms. The van der Waals surface area contributed by atoms with Gasteiger partial charge in [-0.25, -0.2) is 0 Å².